The number of nitrogens with zero attached hydrogens (tertiary/aromatic N) is 2. The summed E-state index contributed by atoms with van der Waals surface area (Å²) in [7, 11) is 0. The van der Waals surface area contributed by atoms with Crippen LogP contribution in [0.1, 0.15) is 49.1 Å². The summed E-state index contributed by atoms with van der Waals surface area (Å²) in [5.74, 6) is 2.01. The molecule has 3 aliphatic rings. The number of carbonyl (C=O) groups excluding carboxylic acids is 1. The lowest BCUT2D eigenvalue weighted by Crippen LogP contribution is -2.51. The molecule has 0 N–H and O–H groups in total. The summed E-state index contributed by atoms with van der Waals surface area (Å²) >= 11 is 0. The Morgan fingerprint density at radius 3 is 1.91 bits per heavy atom. The molecule has 2 aromatic carbocycles. The van der Waals surface area contributed by atoms with Crippen molar-refractivity contribution in [1.29, 1.82) is 0 Å². The lowest BCUT2D eigenvalue weighted by Gasteiger charge is -2.40. The van der Waals surface area contributed by atoms with Crippen molar-refractivity contribution in [3.63, 3.8) is 0 Å². The Kier molecular flexibility index (Phi) is 5.49. The van der Waals surface area contributed by atoms with Gasteiger partial charge in [-0.1, -0.05) is 24.3 Å². The van der Waals surface area contributed by atoms with Gasteiger partial charge in [0.25, 0.3) is 0 Å². The first-order chi connectivity index (χ1) is 15.4. The topological polar surface area (TPSA) is 51.2 Å². The molecule has 1 saturated heterocycles. The first-order valence-corrected chi connectivity index (χ1v) is 11.6. The van der Waals surface area contributed by atoms with Gasteiger partial charge in [0.05, 0.1) is 19.3 Å². The molecule has 3 heterocycles. The molecule has 3 aliphatic heterocycles. The lowest BCUT2D eigenvalue weighted by molar-refractivity contribution is 0.0119. The van der Waals surface area contributed by atoms with E-state index in [1.165, 1.54) is 22.3 Å². The number of hydrogen-bond acceptors (Lipinski definition) is 5. The Morgan fingerprint density at radius 1 is 0.875 bits per heavy atom. The number of carbonyl (C=O) groups is 1. The molecule has 1 fully saturated rings. The first-order valence-electron chi connectivity index (χ1n) is 11.6. The average Bonchev–Trinajstić information content (AvgIpc) is 3.41. The molecule has 0 atom stereocenters. The number of benzene rings is 2. The average molecular weight is 437 g/mol. The minimum absolute atomic E-state index is 0.132. The molecule has 0 saturated carbocycles. The third-order valence-electron chi connectivity index (χ3n) is 6.39. The van der Waals surface area contributed by atoms with Crippen molar-refractivity contribution in [1.82, 2.24) is 9.80 Å². The summed E-state index contributed by atoms with van der Waals surface area (Å²) in [6, 6.07) is 13.3. The van der Waals surface area contributed by atoms with E-state index in [0.717, 1.165) is 50.6 Å². The zero-order chi connectivity index (χ0) is 22.3. The van der Waals surface area contributed by atoms with E-state index in [0.29, 0.717) is 13.1 Å². The van der Waals surface area contributed by atoms with Crippen LogP contribution in [0.15, 0.2) is 36.4 Å². The van der Waals surface area contributed by atoms with Crippen molar-refractivity contribution in [3.05, 3.63) is 58.7 Å². The second kappa shape index (κ2) is 8.32. The molecule has 0 radical (unpaired) electrons. The van der Waals surface area contributed by atoms with Crippen molar-refractivity contribution in [2.45, 2.75) is 45.3 Å². The van der Waals surface area contributed by atoms with Gasteiger partial charge in [0.1, 0.15) is 17.1 Å². The quantitative estimate of drug-likeness (QED) is 0.722. The standard InChI is InChI=1S/C26H32N2O4/c1-26(2,3)32-25(29)28-12-10-27(11-13-28)24(20-4-6-22-18(16-20)8-14-30-22)21-5-7-23-19(17-21)9-15-31-23/h4-7,16-17,24H,8-15H2,1-3H3. The summed E-state index contributed by atoms with van der Waals surface area (Å²) in [5.41, 5.74) is 4.64. The molecule has 6 nitrogen and oxygen atoms in total. The van der Waals surface area contributed by atoms with Gasteiger partial charge < -0.3 is 19.1 Å². The largest absolute Gasteiger partial charge is 0.493 e. The highest BCUT2D eigenvalue weighted by Crippen LogP contribution is 2.37. The maximum absolute atomic E-state index is 12.5. The van der Waals surface area contributed by atoms with Crippen LogP contribution in [0, 0.1) is 0 Å². The van der Waals surface area contributed by atoms with Gasteiger partial charge in [0.15, 0.2) is 0 Å². The third-order valence-corrected chi connectivity index (χ3v) is 6.39. The predicted molar refractivity (Wildman–Crippen MR) is 123 cm³/mol. The van der Waals surface area contributed by atoms with E-state index in [9.17, 15) is 4.79 Å². The normalized spacial score (nSPS) is 18.2. The predicted octanol–water partition coefficient (Wildman–Crippen LogP) is 4.20. The lowest BCUT2D eigenvalue weighted by atomic mass is 9.93. The smallest absolute Gasteiger partial charge is 0.410 e. The SMILES string of the molecule is CC(C)(C)OC(=O)N1CCN(C(c2ccc3c(c2)CCO3)c2ccc3c(c2)CCO3)CC1. The molecule has 1 amide bonds. The highest BCUT2D eigenvalue weighted by atomic mass is 16.6. The highest BCUT2D eigenvalue weighted by molar-refractivity contribution is 5.68. The van der Waals surface area contributed by atoms with Crippen LogP contribution in [0.4, 0.5) is 4.79 Å². The molecule has 0 unspecified atom stereocenters. The third kappa shape index (κ3) is 4.29. The van der Waals surface area contributed by atoms with E-state index in [4.69, 9.17) is 14.2 Å². The van der Waals surface area contributed by atoms with Gasteiger partial charge in [0.2, 0.25) is 0 Å². The number of piperazine rings is 1. The Morgan fingerprint density at radius 2 is 1.41 bits per heavy atom. The first kappa shape index (κ1) is 21.1. The van der Waals surface area contributed by atoms with Crippen LogP contribution in [-0.4, -0.2) is 60.9 Å². The summed E-state index contributed by atoms with van der Waals surface area (Å²) in [6.07, 6.45) is 1.69. The van der Waals surface area contributed by atoms with E-state index in [-0.39, 0.29) is 12.1 Å². The monoisotopic (exact) mass is 436 g/mol. The van der Waals surface area contributed by atoms with Gasteiger partial charge in [-0.3, -0.25) is 4.90 Å². The Balaban J connectivity index is 1.40. The van der Waals surface area contributed by atoms with Crippen LogP contribution in [0.5, 0.6) is 11.5 Å². The maximum Gasteiger partial charge on any atom is 0.410 e. The summed E-state index contributed by atoms with van der Waals surface area (Å²) in [6.45, 7) is 10.2. The zero-order valence-corrected chi connectivity index (χ0v) is 19.2. The minimum atomic E-state index is -0.476. The van der Waals surface area contributed by atoms with E-state index < -0.39 is 5.60 Å². The second-order valence-electron chi connectivity index (χ2n) is 9.84. The molecule has 32 heavy (non-hydrogen) atoms. The van der Waals surface area contributed by atoms with Gasteiger partial charge in [-0.2, -0.15) is 0 Å². The van der Waals surface area contributed by atoms with Gasteiger partial charge >= 0.3 is 6.09 Å². The van der Waals surface area contributed by atoms with Crippen LogP contribution in [0.3, 0.4) is 0 Å². The molecule has 0 aliphatic carbocycles. The zero-order valence-electron chi connectivity index (χ0n) is 19.2. The highest BCUT2D eigenvalue weighted by Gasteiger charge is 2.31. The number of ether oxygens (including phenoxy) is 3. The van der Waals surface area contributed by atoms with E-state index in [2.05, 4.69) is 41.3 Å². The summed E-state index contributed by atoms with van der Waals surface area (Å²) in [4.78, 5) is 16.9. The van der Waals surface area contributed by atoms with Crippen LogP contribution < -0.4 is 9.47 Å². The summed E-state index contributed by atoms with van der Waals surface area (Å²) in [5, 5.41) is 0. The number of rotatable bonds is 3. The molecule has 6 heteroatoms. The fourth-order valence-electron chi connectivity index (χ4n) is 4.86. The van der Waals surface area contributed by atoms with Crippen LogP contribution in [0.2, 0.25) is 0 Å². The number of hydrogen-bond donors (Lipinski definition) is 0. The molecule has 0 aromatic heterocycles. The Labute approximate surface area is 190 Å². The molecule has 2 aromatic rings. The fourth-order valence-corrected chi connectivity index (χ4v) is 4.86. The Bertz CT molecular complexity index is 948. The van der Waals surface area contributed by atoms with Crippen LogP contribution in [-0.2, 0) is 17.6 Å². The van der Waals surface area contributed by atoms with Crippen molar-refractivity contribution in [3.8, 4) is 11.5 Å². The second-order valence-corrected chi connectivity index (χ2v) is 9.84. The maximum atomic E-state index is 12.5. The van der Waals surface area contributed by atoms with Gasteiger partial charge in [-0.25, -0.2) is 4.79 Å². The molecular formula is C26H32N2O4. The van der Waals surface area contributed by atoms with Crippen molar-refractivity contribution >= 4 is 6.09 Å². The van der Waals surface area contributed by atoms with E-state index in [1.807, 2.05) is 25.7 Å². The molecular weight excluding hydrogens is 404 g/mol. The summed E-state index contributed by atoms with van der Waals surface area (Å²) < 4.78 is 17.1. The number of fused-ring (bicyclic) bond motifs is 2. The molecule has 5 rings (SSSR count). The minimum Gasteiger partial charge on any atom is -0.493 e. The van der Waals surface area contributed by atoms with E-state index in [1.54, 1.807) is 0 Å². The fraction of sp³-hybridized carbons (Fsp3) is 0.500. The molecule has 170 valence electrons. The van der Waals surface area contributed by atoms with E-state index >= 15 is 0 Å². The van der Waals surface area contributed by atoms with Crippen LogP contribution in [0.25, 0.3) is 0 Å². The van der Waals surface area contributed by atoms with Crippen molar-refractivity contribution in [2.24, 2.45) is 0 Å². The number of amides is 1. The molecule has 0 bridgehead atoms. The Hall–Kier alpha value is -2.73. The molecule has 0 spiro atoms. The van der Waals surface area contributed by atoms with Gasteiger partial charge in [-0.05, 0) is 55.2 Å². The van der Waals surface area contributed by atoms with Crippen LogP contribution >= 0.6 is 0 Å². The van der Waals surface area contributed by atoms with Gasteiger partial charge in [0, 0.05) is 39.0 Å². The van der Waals surface area contributed by atoms with Crippen molar-refractivity contribution < 1.29 is 19.0 Å². The van der Waals surface area contributed by atoms with Crippen molar-refractivity contribution in [2.75, 3.05) is 39.4 Å². The van der Waals surface area contributed by atoms with Gasteiger partial charge in [-0.15, -0.1) is 0 Å².